The Labute approximate surface area is 130 Å². The molecule has 21 heavy (non-hydrogen) atoms. The van der Waals surface area contributed by atoms with E-state index in [1.165, 1.54) is 32.1 Å². The van der Waals surface area contributed by atoms with Gasteiger partial charge in [-0.2, -0.15) is 0 Å². The first-order valence-corrected chi connectivity index (χ1v) is 8.53. The molecular formula is C17H34N2O2. The number of rotatable bonds is 5. The largest absolute Gasteiger partial charge is 0.444 e. The van der Waals surface area contributed by atoms with Gasteiger partial charge in [-0.05, 0) is 52.4 Å². The van der Waals surface area contributed by atoms with Crippen LogP contribution in [-0.4, -0.2) is 30.3 Å². The molecular weight excluding hydrogens is 264 g/mol. The van der Waals surface area contributed by atoms with Crippen molar-refractivity contribution in [2.45, 2.75) is 90.8 Å². The highest BCUT2D eigenvalue weighted by Crippen LogP contribution is 2.22. The summed E-state index contributed by atoms with van der Waals surface area (Å²) in [6, 6.07) is 0.741. The summed E-state index contributed by atoms with van der Waals surface area (Å²) in [5, 5.41) is 6.59. The third-order valence-corrected chi connectivity index (χ3v) is 4.12. The van der Waals surface area contributed by atoms with E-state index in [2.05, 4.69) is 24.5 Å². The van der Waals surface area contributed by atoms with Gasteiger partial charge in [-0.3, -0.25) is 0 Å². The van der Waals surface area contributed by atoms with Crippen LogP contribution in [0.2, 0.25) is 0 Å². The number of carbonyl (C=O) groups excluding carboxylic acids is 1. The van der Waals surface area contributed by atoms with Crippen LogP contribution >= 0.6 is 0 Å². The third-order valence-electron chi connectivity index (χ3n) is 4.12. The minimum Gasteiger partial charge on any atom is -0.444 e. The van der Waals surface area contributed by atoms with Crippen molar-refractivity contribution >= 4 is 6.09 Å². The fourth-order valence-electron chi connectivity index (χ4n) is 2.77. The smallest absolute Gasteiger partial charge is 0.407 e. The van der Waals surface area contributed by atoms with Gasteiger partial charge in [-0.1, -0.05) is 26.7 Å². The van der Waals surface area contributed by atoms with Crippen LogP contribution in [0.4, 0.5) is 4.79 Å². The van der Waals surface area contributed by atoms with Crippen LogP contribution in [0.15, 0.2) is 0 Å². The van der Waals surface area contributed by atoms with Crippen LogP contribution < -0.4 is 10.6 Å². The van der Waals surface area contributed by atoms with E-state index < -0.39 is 5.60 Å². The molecule has 0 aromatic heterocycles. The average Bonchev–Trinajstić information content (AvgIpc) is 2.57. The van der Waals surface area contributed by atoms with Gasteiger partial charge < -0.3 is 15.4 Å². The molecule has 1 amide bonds. The molecule has 1 aliphatic rings. The first-order chi connectivity index (χ1) is 9.80. The summed E-state index contributed by atoms with van der Waals surface area (Å²) >= 11 is 0. The van der Waals surface area contributed by atoms with Crippen LogP contribution in [0.1, 0.15) is 73.1 Å². The fourth-order valence-corrected chi connectivity index (χ4v) is 2.77. The Hall–Kier alpha value is -0.770. The molecule has 4 heteroatoms. The zero-order valence-corrected chi connectivity index (χ0v) is 14.5. The molecule has 0 spiro atoms. The summed E-state index contributed by atoms with van der Waals surface area (Å²) in [7, 11) is 0. The maximum atomic E-state index is 11.8. The second-order valence-corrected chi connectivity index (χ2v) is 7.47. The molecule has 3 unspecified atom stereocenters. The molecule has 1 rings (SSSR count). The molecule has 1 fully saturated rings. The summed E-state index contributed by atoms with van der Waals surface area (Å²) in [5.41, 5.74) is -0.437. The highest BCUT2D eigenvalue weighted by molar-refractivity contribution is 5.68. The van der Waals surface area contributed by atoms with Crippen molar-refractivity contribution in [3.05, 3.63) is 0 Å². The molecule has 0 aromatic carbocycles. The van der Waals surface area contributed by atoms with Gasteiger partial charge in [-0.25, -0.2) is 4.79 Å². The highest BCUT2D eigenvalue weighted by Gasteiger charge is 2.20. The minimum atomic E-state index is -0.437. The number of hydrogen-bond donors (Lipinski definition) is 2. The Kier molecular flexibility index (Phi) is 7.50. The Morgan fingerprint density at radius 2 is 1.95 bits per heavy atom. The number of nitrogens with one attached hydrogen (secondary N) is 2. The number of alkyl carbamates (subject to hydrolysis) is 1. The Morgan fingerprint density at radius 1 is 1.24 bits per heavy atom. The SMILES string of the molecule is CCC(CNC1CCCC(C)CC1)NC(=O)OC(C)(C)C. The van der Waals surface area contributed by atoms with Crippen molar-refractivity contribution in [1.82, 2.24) is 10.6 Å². The van der Waals surface area contributed by atoms with Crippen LogP contribution in [0.25, 0.3) is 0 Å². The van der Waals surface area contributed by atoms with Crippen LogP contribution in [0.3, 0.4) is 0 Å². The molecule has 4 nitrogen and oxygen atoms in total. The predicted octanol–water partition coefficient (Wildman–Crippen LogP) is 3.85. The minimum absolute atomic E-state index is 0.139. The van der Waals surface area contributed by atoms with Gasteiger partial charge in [0.2, 0.25) is 0 Å². The molecule has 0 radical (unpaired) electrons. The third kappa shape index (κ3) is 8.30. The van der Waals surface area contributed by atoms with Gasteiger partial charge in [0.15, 0.2) is 0 Å². The highest BCUT2D eigenvalue weighted by atomic mass is 16.6. The van der Waals surface area contributed by atoms with E-state index in [0.29, 0.717) is 6.04 Å². The molecule has 3 atom stereocenters. The van der Waals surface area contributed by atoms with Crippen molar-refractivity contribution in [2.24, 2.45) is 5.92 Å². The Bertz CT molecular complexity index is 312. The summed E-state index contributed by atoms with van der Waals surface area (Å²) in [6.45, 7) is 10.9. The maximum Gasteiger partial charge on any atom is 0.407 e. The normalized spacial score (nSPS) is 25.0. The Morgan fingerprint density at radius 3 is 2.57 bits per heavy atom. The number of amides is 1. The lowest BCUT2D eigenvalue weighted by molar-refractivity contribution is 0.0501. The van der Waals surface area contributed by atoms with Gasteiger partial charge in [0.1, 0.15) is 5.60 Å². The summed E-state index contributed by atoms with van der Waals surface area (Å²) in [5.74, 6) is 0.860. The molecule has 0 saturated heterocycles. The molecule has 0 aliphatic heterocycles. The zero-order valence-electron chi connectivity index (χ0n) is 14.5. The van der Waals surface area contributed by atoms with Gasteiger partial charge in [-0.15, -0.1) is 0 Å². The molecule has 124 valence electrons. The number of carbonyl (C=O) groups is 1. The van der Waals surface area contributed by atoms with Gasteiger partial charge >= 0.3 is 6.09 Å². The lowest BCUT2D eigenvalue weighted by Gasteiger charge is -2.25. The first kappa shape index (κ1) is 18.3. The van der Waals surface area contributed by atoms with Crippen LogP contribution in [0, 0.1) is 5.92 Å². The standard InChI is InChI=1S/C17H34N2O2/c1-6-14(19-16(20)21-17(3,4)5)12-18-15-9-7-8-13(2)10-11-15/h13-15,18H,6-12H2,1-5H3,(H,19,20). The van der Waals surface area contributed by atoms with Crippen LogP contribution in [0.5, 0.6) is 0 Å². The van der Waals surface area contributed by atoms with Crippen LogP contribution in [-0.2, 0) is 4.74 Å². The van der Waals surface area contributed by atoms with Gasteiger partial charge in [0.25, 0.3) is 0 Å². The summed E-state index contributed by atoms with van der Waals surface area (Å²) in [4.78, 5) is 11.8. The zero-order chi connectivity index (χ0) is 15.9. The van der Waals surface area contributed by atoms with Crippen molar-refractivity contribution in [2.75, 3.05) is 6.54 Å². The molecule has 0 aromatic rings. The molecule has 0 heterocycles. The topological polar surface area (TPSA) is 50.4 Å². The van der Waals surface area contributed by atoms with Crippen molar-refractivity contribution < 1.29 is 9.53 Å². The van der Waals surface area contributed by atoms with E-state index in [9.17, 15) is 4.79 Å². The fraction of sp³-hybridized carbons (Fsp3) is 0.941. The van der Waals surface area contributed by atoms with E-state index >= 15 is 0 Å². The van der Waals surface area contributed by atoms with E-state index in [1.807, 2.05) is 20.8 Å². The predicted molar refractivity (Wildman–Crippen MR) is 87.5 cm³/mol. The van der Waals surface area contributed by atoms with E-state index in [1.54, 1.807) is 0 Å². The molecule has 0 bridgehead atoms. The van der Waals surface area contributed by atoms with E-state index in [0.717, 1.165) is 18.9 Å². The lowest BCUT2D eigenvalue weighted by atomic mass is 10.0. The van der Waals surface area contributed by atoms with Crippen molar-refractivity contribution in [3.63, 3.8) is 0 Å². The molecule has 1 aliphatic carbocycles. The first-order valence-electron chi connectivity index (χ1n) is 8.53. The molecule has 2 N–H and O–H groups in total. The number of hydrogen-bond acceptors (Lipinski definition) is 3. The maximum absolute atomic E-state index is 11.8. The van der Waals surface area contributed by atoms with E-state index in [-0.39, 0.29) is 12.1 Å². The monoisotopic (exact) mass is 298 g/mol. The lowest BCUT2D eigenvalue weighted by Crippen LogP contribution is -2.46. The molecule has 1 saturated carbocycles. The average molecular weight is 298 g/mol. The second kappa shape index (κ2) is 8.62. The number of ether oxygens (including phenoxy) is 1. The van der Waals surface area contributed by atoms with Gasteiger partial charge in [0.05, 0.1) is 0 Å². The quantitative estimate of drug-likeness (QED) is 0.758. The Balaban J connectivity index is 2.31. The van der Waals surface area contributed by atoms with Crippen molar-refractivity contribution in [3.8, 4) is 0 Å². The summed E-state index contributed by atoms with van der Waals surface area (Å²) in [6.07, 6.45) is 7.09. The van der Waals surface area contributed by atoms with Crippen molar-refractivity contribution in [1.29, 1.82) is 0 Å². The second-order valence-electron chi connectivity index (χ2n) is 7.47. The van der Waals surface area contributed by atoms with E-state index in [4.69, 9.17) is 4.74 Å². The van der Waals surface area contributed by atoms with Gasteiger partial charge in [0, 0.05) is 18.6 Å². The summed E-state index contributed by atoms with van der Waals surface area (Å²) < 4.78 is 5.32.